The summed E-state index contributed by atoms with van der Waals surface area (Å²) in [6.45, 7) is 0. The highest BCUT2D eigenvalue weighted by molar-refractivity contribution is 6.45. The van der Waals surface area contributed by atoms with Crippen LogP contribution in [0.15, 0.2) is 34.7 Å². The van der Waals surface area contributed by atoms with Crippen LogP contribution in [0.25, 0.3) is 33.0 Å². The molecule has 2 heterocycles. The van der Waals surface area contributed by atoms with Crippen molar-refractivity contribution in [2.24, 2.45) is 0 Å². The third kappa shape index (κ3) is 1.82. The number of alkyl halides is 3. The molecule has 0 aliphatic heterocycles. The number of hydrogen-bond acceptors (Lipinski definition) is 1. The van der Waals surface area contributed by atoms with Crippen molar-refractivity contribution in [1.29, 1.82) is 0 Å². The third-order valence-corrected chi connectivity index (χ3v) is 4.41. The zero-order valence-electron chi connectivity index (χ0n) is 10.7. The molecule has 0 bridgehead atoms. The Labute approximate surface area is 131 Å². The second kappa shape index (κ2) is 4.33. The number of rotatable bonds is 0. The van der Waals surface area contributed by atoms with Gasteiger partial charge >= 0.3 is 6.18 Å². The Kier molecular flexibility index (Phi) is 2.72. The van der Waals surface area contributed by atoms with Gasteiger partial charge in [0.25, 0.3) is 0 Å². The minimum absolute atomic E-state index is 0.170. The number of furan rings is 1. The van der Waals surface area contributed by atoms with E-state index in [1.54, 1.807) is 12.1 Å². The summed E-state index contributed by atoms with van der Waals surface area (Å²) in [5.41, 5.74) is 1.08. The first-order chi connectivity index (χ1) is 10.4. The van der Waals surface area contributed by atoms with Gasteiger partial charge in [-0.15, -0.1) is 0 Å². The van der Waals surface area contributed by atoms with Crippen LogP contribution in [0.1, 0.15) is 5.56 Å². The van der Waals surface area contributed by atoms with Gasteiger partial charge in [0.1, 0.15) is 5.58 Å². The van der Waals surface area contributed by atoms with Gasteiger partial charge < -0.3 is 9.40 Å². The molecule has 112 valence electrons. The van der Waals surface area contributed by atoms with Crippen molar-refractivity contribution in [2.45, 2.75) is 6.18 Å². The Hall–Kier alpha value is -1.85. The van der Waals surface area contributed by atoms with E-state index in [0.717, 1.165) is 12.1 Å². The smallest absolute Gasteiger partial charge is 0.416 e. The molecule has 0 unspecified atom stereocenters. The number of hydrogen-bond donors (Lipinski definition) is 1. The van der Waals surface area contributed by atoms with Crippen molar-refractivity contribution >= 4 is 56.2 Å². The van der Waals surface area contributed by atoms with Gasteiger partial charge in [-0.2, -0.15) is 13.2 Å². The lowest BCUT2D eigenvalue weighted by atomic mass is 10.1. The Morgan fingerprint density at radius 1 is 0.955 bits per heavy atom. The van der Waals surface area contributed by atoms with Crippen LogP contribution < -0.4 is 0 Å². The summed E-state index contributed by atoms with van der Waals surface area (Å²) in [6.07, 6.45) is -4.41. The van der Waals surface area contributed by atoms with Gasteiger partial charge in [0.05, 0.1) is 26.6 Å². The lowest BCUT2D eigenvalue weighted by Gasteiger charge is -2.05. The number of benzene rings is 2. The summed E-state index contributed by atoms with van der Waals surface area (Å²) < 4.78 is 43.9. The monoisotopic (exact) mass is 343 g/mol. The Bertz CT molecular complexity index is 1050. The van der Waals surface area contributed by atoms with Crippen LogP contribution in [0, 0.1) is 0 Å². The molecule has 0 aliphatic rings. The van der Waals surface area contributed by atoms with E-state index in [2.05, 4.69) is 4.98 Å². The lowest BCUT2D eigenvalue weighted by molar-refractivity contribution is -0.137. The van der Waals surface area contributed by atoms with E-state index in [1.807, 2.05) is 0 Å². The summed E-state index contributed by atoms with van der Waals surface area (Å²) in [5, 5.41) is 1.98. The summed E-state index contributed by atoms with van der Waals surface area (Å²) in [4.78, 5) is 3.08. The highest BCUT2D eigenvalue weighted by Gasteiger charge is 2.31. The van der Waals surface area contributed by atoms with Crippen molar-refractivity contribution < 1.29 is 17.6 Å². The minimum atomic E-state index is -4.41. The van der Waals surface area contributed by atoms with Crippen LogP contribution in [-0.4, -0.2) is 4.98 Å². The van der Waals surface area contributed by atoms with Crippen LogP contribution in [0.2, 0.25) is 10.0 Å². The molecule has 0 amide bonds. The maximum Gasteiger partial charge on any atom is 0.416 e. The Morgan fingerprint density at radius 2 is 1.68 bits per heavy atom. The maximum absolute atomic E-state index is 12.8. The van der Waals surface area contributed by atoms with Crippen LogP contribution in [0.4, 0.5) is 13.2 Å². The molecule has 0 saturated carbocycles. The number of fused-ring (bicyclic) bond motifs is 5. The predicted molar refractivity (Wildman–Crippen MR) is 80.6 cm³/mol. The molecule has 0 aliphatic carbocycles. The van der Waals surface area contributed by atoms with Crippen LogP contribution >= 0.6 is 23.2 Å². The summed E-state index contributed by atoms with van der Waals surface area (Å²) in [7, 11) is 0. The normalized spacial score (nSPS) is 12.8. The van der Waals surface area contributed by atoms with Gasteiger partial charge in [-0.25, -0.2) is 0 Å². The first-order valence-corrected chi connectivity index (χ1v) is 7.01. The highest BCUT2D eigenvalue weighted by atomic mass is 35.5. The Morgan fingerprint density at radius 3 is 2.41 bits per heavy atom. The van der Waals surface area contributed by atoms with Crippen molar-refractivity contribution in [3.8, 4) is 0 Å². The fourth-order valence-corrected chi connectivity index (χ4v) is 2.94. The number of H-pyrrole nitrogens is 1. The van der Waals surface area contributed by atoms with E-state index >= 15 is 0 Å². The fourth-order valence-electron chi connectivity index (χ4n) is 2.57. The van der Waals surface area contributed by atoms with E-state index in [1.165, 1.54) is 6.07 Å². The first-order valence-electron chi connectivity index (χ1n) is 6.25. The van der Waals surface area contributed by atoms with Gasteiger partial charge in [-0.3, -0.25) is 0 Å². The molecule has 0 saturated heterocycles. The Balaban J connectivity index is 2.09. The summed E-state index contributed by atoms with van der Waals surface area (Å²) >= 11 is 12.1. The van der Waals surface area contributed by atoms with Gasteiger partial charge in [-0.1, -0.05) is 23.2 Å². The van der Waals surface area contributed by atoms with E-state index < -0.39 is 11.7 Å². The zero-order valence-corrected chi connectivity index (χ0v) is 12.2. The van der Waals surface area contributed by atoms with Crippen LogP contribution in [0.5, 0.6) is 0 Å². The number of aromatic amines is 1. The van der Waals surface area contributed by atoms with E-state index in [-0.39, 0.29) is 5.58 Å². The number of halogens is 5. The standard InChI is InChI=1S/C15H6Cl2F3NO/c16-9-4-3-8-12(11(9)17)21-13-7-2-1-6(15(18,19)20)5-10(7)22-14(8)13/h1-5,21H. The van der Waals surface area contributed by atoms with Gasteiger partial charge in [0.15, 0.2) is 5.58 Å². The molecule has 0 atom stereocenters. The first kappa shape index (κ1) is 13.8. The second-order valence-electron chi connectivity index (χ2n) is 4.92. The fraction of sp³-hybridized carbons (Fsp3) is 0.0667. The predicted octanol–water partition coefficient (Wildman–Crippen LogP) is 6.39. The molecular weight excluding hydrogens is 338 g/mol. The van der Waals surface area contributed by atoms with Crippen molar-refractivity contribution in [3.63, 3.8) is 0 Å². The lowest BCUT2D eigenvalue weighted by Crippen LogP contribution is -2.03. The second-order valence-corrected chi connectivity index (χ2v) is 5.71. The minimum Gasteiger partial charge on any atom is -0.454 e. The molecule has 7 heteroatoms. The van der Waals surface area contributed by atoms with Gasteiger partial charge in [-0.05, 0) is 30.3 Å². The van der Waals surface area contributed by atoms with Crippen molar-refractivity contribution in [3.05, 3.63) is 45.9 Å². The third-order valence-electron chi connectivity index (χ3n) is 3.61. The molecule has 4 aromatic rings. The summed E-state index contributed by atoms with van der Waals surface area (Å²) in [6, 6.07) is 6.74. The largest absolute Gasteiger partial charge is 0.454 e. The SMILES string of the molecule is FC(F)(F)c1ccc2c(c1)oc1c3ccc(Cl)c(Cl)c3[nH]c21. The van der Waals surface area contributed by atoms with Crippen LogP contribution in [0.3, 0.4) is 0 Å². The average molecular weight is 344 g/mol. The number of aromatic nitrogens is 1. The molecule has 0 spiro atoms. The molecule has 2 nitrogen and oxygen atoms in total. The number of nitrogens with one attached hydrogen (secondary N) is 1. The topological polar surface area (TPSA) is 28.9 Å². The average Bonchev–Trinajstić information content (AvgIpc) is 2.97. The van der Waals surface area contributed by atoms with Crippen molar-refractivity contribution in [1.82, 2.24) is 4.98 Å². The highest BCUT2D eigenvalue weighted by Crippen LogP contribution is 2.40. The zero-order chi connectivity index (χ0) is 15.6. The molecule has 1 N–H and O–H groups in total. The summed E-state index contributed by atoms with van der Waals surface area (Å²) in [5.74, 6) is 0. The molecule has 2 aromatic carbocycles. The molecule has 4 rings (SSSR count). The van der Waals surface area contributed by atoms with Crippen LogP contribution in [-0.2, 0) is 6.18 Å². The van der Waals surface area contributed by atoms with E-state index in [9.17, 15) is 13.2 Å². The maximum atomic E-state index is 12.8. The van der Waals surface area contributed by atoms with E-state index in [0.29, 0.717) is 37.4 Å². The molecule has 0 radical (unpaired) electrons. The molecule has 2 aromatic heterocycles. The molecule has 22 heavy (non-hydrogen) atoms. The molecular formula is C15H6Cl2F3NO. The molecule has 0 fully saturated rings. The van der Waals surface area contributed by atoms with Gasteiger partial charge in [0, 0.05) is 10.8 Å². The van der Waals surface area contributed by atoms with E-state index in [4.69, 9.17) is 27.6 Å². The van der Waals surface area contributed by atoms with Gasteiger partial charge in [0.2, 0.25) is 0 Å². The quantitative estimate of drug-likeness (QED) is 0.393. The van der Waals surface area contributed by atoms with Crippen molar-refractivity contribution in [2.75, 3.05) is 0 Å².